The minimum Gasteiger partial charge on any atom is -0.326 e. The Morgan fingerprint density at radius 3 is 2.52 bits per heavy atom. The van der Waals surface area contributed by atoms with E-state index in [-0.39, 0.29) is 5.91 Å². The number of pyridine rings is 1. The van der Waals surface area contributed by atoms with Crippen molar-refractivity contribution in [1.82, 2.24) is 10.3 Å². The quantitative estimate of drug-likeness (QED) is 0.521. The second-order valence-electron chi connectivity index (χ2n) is 5.98. The first kappa shape index (κ1) is 18.6. The van der Waals surface area contributed by atoms with Crippen LogP contribution in [0.5, 0.6) is 0 Å². The number of benzene rings is 2. The summed E-state index contributed by atoms with van der Waals surface area (Å²) >= 11 is 5.98. The molecule has 2 aromatic carbocycles. The molecule has 0 aliphatic rings. The second-order valence-corrected chi connectivity index (χ2v) is 6.41. The summed E-state index contributed by atoms with van der Waals surface area (Å²) < 4.78 is 0. The number of rotatable bonds is 4. The molecule has 3 aromatic rings. The predicted molar refractivity (Wildman–Crippen MR) is 109 cm³/mol. The zero-order valence-corrected chi connectivity index (χ0v) is 15.6. The minimum atomic E-state index is -0.286. The van der Waals surface area contributed by atoms with E-state index in [2.05, 4.69) is 20.6 Å². The molecule has 6 heteroatoms. The number of aliphatic imine (C=N–C) groups is 1. The third kappa shape index (κ3) is 5.66. The van der Waals surface area contributed by atoms with Gasteiger partial charge in [-0.2, -0.15) is 0 Å². The van der Waals surface area contributed by atoms with Crippen LogP contribution >= 0.6 is 11.6 Å². The molecule has 5 nitrogen and oxygen atoms in total. The van der Waals surface area contributed by atoms with Crippen LogP contribution in [-0.2, 0) is 6.54 Å². The topological polar surface area (TPSA) is 66.4 Å². The third-order valence-electron chi connectivity index (χ3n) is 3.80. The summed E-state index contributed by atoms with van der Waals surface area (Å²) in [6.45, 7) is 2.43. The average Bonchev–Trinajstić information content (AvgIpc) is 2.68. The van der Waals surface area contributed by atoms with Crippen molar-refractivity contribution in [3.05, 3.63) is 94.8 Å². The molecule has 0 aliphatic heterocycles. The van der Waals surface area contributed by atoms with Crippen LogP contribution < -0.4 is 10.6 Å². The van der Waals surface area contributed by atoms with Gasteiger partial charge in [0.15, 0.2) is 0 Å². The molecule has 1 amide bonds. The molecule has 3 rings (SSSR count). The van der Waals surface area contributed by atoms with Crippen molar-refractivity contribution < 1.29 is 4.79 Å². The number of nitrogens with one attached hydrogen (secondary N) is 2. The fraction of sp³-hybridized carbons (Fsp3) is 0.0952. The Balaban J connectivity index is 1.79. The van der Waals surface area contributed by atoms with Gasteiger partial charge in [0.25, 0.3) is 5.91 Å². The summed E-state index contributed by atoms with van der Waals surface area (Å²) in [6, 6.07) is 18.4. The van der Waals surface area contributed by atoms with Crippen molar-refractivity contribution in [3.63, 3.8) is 0 Å². The smallest absolute Gasteiger partial charge is 0.258 e. The molecule has 136 valence electrons. The number of amides is 1. The lowest BCUT2D eigenvalue weighted by Crippen LogP contribution is -2.36. The summed E-state index contributed by atoms with van der Waals surface area (Å²) in [5.74, 6) is 0.0752. The van der Waals surface area contributed by atoms with Crippen molar-refractivity contribution in [3.8, 4) is 0 Å². The molecule has 0 saturated carbocycles. The highest BCUT2D eigenvalue weighted by molar-refractivity contribution is 6.31. The summed E-state index contributed by atoms with van der Waals surface area (Å²) in [4.78, 5) is 21.1. The molecule has 0 bridgehead atoms. The van der Waals surface area contributed by atoms with Crippen LogP contribution in [-0.4, -0.2) is 16.9 Å². The fourth-order valence-electron chi connectivity index (χ4n) is 2.35. The van der Waals surface area contributed by atoms with Gasteiger partial charge < -0.3 is 5.32 Å². The number of anilines is 1. The van der Waals surface area contributed by atoms with E-state index in [1.165, 1.54) is 0 Å². The molecular formula is C21H19ClN4O. The number of hydrogen-bond donors (Lipinski definition) is 2. The Morgan fingerprint density at radius 2 is 1.81 bits per heavy atom. The first-order valence-corrected chi connectivity index (χ1v) is 8.82. The molecule has 1 aromatic heterocycles. The number of carbonyl (C=O) groups excluding carboxylic acids is 1. The predicted octanol–water partition coefficient (Wildman–Crippen LogP) is 4.44. The molecule has 27 heavy (non-hydrogen) atoms. The monoisotopic (exact) mass is 378 g/mol. The molecule has 0 aliphatic carbocycles. The van der Waals surface area contributed by atoms with E-state index in [0.29, 0.717) is 23.1 Å². The molecule has 1 heterocycles. The Morgan fingerprint density at radius 1 is 1.07 bits per heavy atom. The highest BCUT2D eigenvalue weighted by Gasteiger charge is 2.10. The lowest BCUT2D eigenvalue weighted by atomic mass is 10.2. The minimum absolute atomic E-state index is 0.286. The summed E-state index contributed by atoms with van der Waals surface area (Å²) in [6.07, 6.45) is 3.42. The Labute approximate surface area is 163 Å². The largest absolute Gasteiger partial charge is 0.326 e. The third-order valence-corrected chi connectivity index (χ3v) is 4.04. The number of aryl methyl sites for hydroxylation is 1. The van der Waals surface area contributed by atoms with Gasteiger partial charge in [0.2, 0.25) is 5.96 Å². The molecule has 2 N–H and O–H groups in total. The standard InChI is InChI=1S/C21H19ClN4O/c1-15-5-7-19(8-6-15)25-21(24-14-16-9-11-23-12-10-16)26-20(27)17-3-2-4-18(22)13-17/h2-13H,14H2,1H3,(H2,24,25,26,27). The number of aromatic nitrogens is 1. The van der Waals surface area contributed by atoms with E-state index in [1.54, 1.807) is 36.7 Å². The van der Waals surface area contributed by atoms with Gasteiger partial charge in [-0.05, 0) is 55.0 Å². The number of hydrogen-bond acceptors (Lipinski definition) is 3. The maximum atomic E-state index is 12.6. The maximum absolute atomic E-state index is 12.6. The number of halogens is 1. The van der Waals surface area contributed by atoms with Crippen LogP contribution in [0.1, 0.15) is 21.5 Å². The van der Waals surface area contributed by atoms with E-state index in [4.69, 9.17) is 11.6 Å². The summed E-state index contributed by atoms with van der Waals surface area (Å²) in [7, 11) is 0. The number of carbonyl (C=O) groups is 1. The zero-order valence-electron chi connectivity index (χ0n) is 14.8. The van der Waals surface area contributed by atoms with Gasteiger partial charge in [-0.3, -0.25) is 15.1 Å². The molecule has 0 unspecified atom stereocenters. The average molecular weight is 379 g/mol. The molecule has 0 fully saturated rings. The molecular weight excluding hydrogens is 360 g/mol. The van der Waals surface area contributed by atoms with Gasteiger partial charge in [-0.25, -0.2) is 4.99 Å². The molecule has 0 saturated heterocycles. The summed E-state index contributed by atoms with van der Waals surface area (Å²) in [5.41, 5.74) is 3.44. The van der Waals surface area contributed by atoms with Gasteiger partial charge in [0.1, 0.15) is 0 Å². The Bertz CT molecular complexity index is 940. The second kappa shape index (κ2) is 8.96. The fourth-order valence-corrected chi connectivity index (χ4v) is 2.54. The lowest BCUT2D eigenvalue weighted by Gasteiger charge is -2.12. The first-order chi connectivity index (χ1) is 13.1. The van der Waals surface area contributed by atoms with Crippen LogP contribution in [0.15, 0.2) is 78.0 Å². The van der Waals surface area contributed by atoms with Gasteiger partial charge >= 0.3 is 0 Å². The molecule has 0 atom stereocenters. The zero-order chi connectivity index (χ0) is 19.1. The van der Waals surface area contributed by atoms with Crippen molar-refractivity contribution in [2.45, 2.75) is 13.5 Å². The van der Waals surface area contributed by atoms with Crippen molar-refractivity contribution in [2.24, 2.45) is 4.99 Å². The van der Waals surface area contributed by atoms with E-state index in [0.717, 1.165) is 16.8 Å². The van der Waals surface area contributed by atoms with Crippen LogP contribution in [0.25, 0.3) is 0 Å². The highest BCUT2D eigenvalue weighted by atomic mass is 35.5. The molecule has 0 radical (unpaired) electrons. The van der Waals surface area contributed by atoms with Gasteiger partial charge in [-0.1, -0.05) is 35.4 Å². The Hall–Kier alpha value is -3.18. The SMILES string of the molecule is Cc1ccc(NC(=NCc2ccncc2)NC(=O)c2cccc(Cl)c2)cc1. The van der Waals surface area contributed by atoms with Crippen LogP contribution in [0, 0.1) is 6.92 Å². The number of nitrogens with zero attached hydrogens (tertiary/aromatic N) is 2. The Kier molecular flexibility index (Phi) is 6.18. The molecule has 0 spiro atoms. The van der Waals surface area contributed by atoms with E-state index in [9.17, 15) is 4.79 Å². The normalized spacial score (nSPS) is 11.1. The highest BCUT2D eigenvalue weighted by Crippen LogP contribution is 2.12. The van der Waals surface area contributed by atoms with Crippen molar-refractivity contribution >= 4 is 29.2 Å². The van der Waals surface area contributed by atoms with Crippen LogP contribution in [0.4, 0.5) is 5.69 Å². The summed E-state index contributed by atoms with van der Waals surface area (Å²) in [5, 5.41) is 6.48. The van der Waals surface area contributed by atoms with Crippen LogP contribution in [0.2, 0.25) is 5.02 Å². The maximum Gasteiger partial charge on any atom is 0.258 e. The first-order valence-electron chi connectivity index (χ1n) is 8.44. The lowest BCUT2D eigenvalue weighted by molar-refractivity contribution is 0.0977. The van der Waals surface area contributed by atoms with Crippen molar-refractivity contribution in [2.75, 3.05) is 5.32 Å². The van der Waals surface area contributed by atoms with Gasteiger partial charge in [0, 0.05) is 28.7 Å². The van der Waals surface area contributed by atoms with Crippen molar-refractivity contribution in [1.29, 1.82) is 0 Å². The number of guanidine groups is 1. The van der Waals surface area contributed by atoms with Crippen LogP contribution in [0.3, 0.4) is 0 Å². The van der Waals surface area contributed by atoms with E-state index < -0.39 is 0 Å². The van der Waals surface area contributed by atoms with Gasteiger partial charge in [0.05, 0.1) is 6.54 Å². The van der Waals surface area contributed by atoms with E-state index in [1.807, 2.05) is 43.3 Å². The van der Waals surface area contributed by atoms with Gasteiger partial charge in [-0.15, -0.1) is 0 Å². The van der Waals surface area contributed by atoms with E-state index >= 15 is 0 Å².